The first kappa shape index (κ1) is 19.6. The summed E-state index contributed by atoms with van der Waals surface area (Å²) in [4.78, 5) is 14.5. The van der Waals surface area contributed by atoms with Crippen LogP contribution in [0.5, 0.6) is 0 Å². The summed E-state index contributed by atoms with van der Waals surface area (Å²) in [6.07, 6.45) is 8.68. The van der Waals surface area contributed by atoms with Gasteiger partial charge in [-0.05, 0) is 63.6 Å². The second-order valence-corrected chi connectivity index (χ2v) is 8.63. The van der Waals surface area contributed by atoms with Gasteiger partial charge in [0.15, 0.2) is 0 Å². The van der Waals surface area contributed by atoms with Crippen LogP contribution in [0.25, 0.3) is 0 Å². The number of sulfonamides is 1. The molecule has 1 aromatic rings. The van der Waals surface area contributed by atoms with E-state index < -0.39 is 10.0 Å². The molecule has 0 atom stereocenters. The Morgan fingerprint density at radius 3 is 2.81 bits per heavy atom. The van der Waals surface area contributed by atoms with E-state index >= 15 is 0 Å². The minimum atomic E-state index is -3.78. The van der Waals surface area contributed by atoms with Gasteiger partial charge >= 0.3 is 0 Å². The number of nitrogens with zero attached hydrogens (tertiary/aromatic N) is 2. The average molecular weight is 390 g/mol. The van der Waals surface area contributed by atoms with Crippen molar-refractivity contribution in [2.75, 3.05) is 18.0 Å². The lowest BCUT2D eigenvalue weighted by Gasteiger charge is -2.29. The van der Waals surface area contributed by atoms with E-state index in [0.717, 1.165) is 25.7 Å². The van der Waals surface area contributed by atoms with Gasteiger partial charge in [-0.3, -0.25) is 4.79 Å². The molecule has 0 radical (unpaired) electrons. The van der Waals surface area contributed by atoms with Crippen molar-refractivity contribution in [1.29, 1.82) is 0 Å². The van der Waals surface area contributed by atoms with Gasteiger partial charge in [-0.1, -0.05) is 18.6 Å². The third-order valence-electron chi connectivity index (χ3n) is 5.00. The van der Waals surface area contributed by atoms with Crippen molar-refractivity contribution in [1.82, 2.24) is 5.32 Å². The van der Waals surface area contributed by atoms with Crippen molar-refractivity contribution >= 4 is 27.5 Å². The number of amides is 1. The molecule has 27 heavy (non-hydrogen) atoms. The summed E-state index contributed by atoms with van der Waals surface area (Å²) in [6.45, 7) is 4.96. The van der Waals surface area contributed by atoms with Crippen molar-refractivity contribution in [2.24, 2.45) is 4.40 Å². The van der Waals surface area contributed by atoms with Crippen LogP contribution in [0.3, 0.4) is 0 Å². The zero-order valence-electron chi connectivity index (χ0n) is 16.0. The van der Waals surface area contributed by atoms with Crippen LogP contribution in [-0.2, 0) is 10.0 Å². The maximum atomic E-state index is 12.5. The van der Waals surface area contributed by atoms with E-state index in [-0.39, 0.29) is 10.8 Å². The number of carbonyl (C=O) groups excluding carboxylic acids is 1. The normalized spacial score (nSPS) is 18.4. The molecule has 0 fully saturated rings. The van der Waals surface area contributed by atoms with Crippen LogP contribution >= 0.6 is 0 Å². The van der Waals surface area contributed by atoms with Gasteiger partial charge < -0.3 is 10.2 Å². The molecule has 0 unspecified atom stereocenters. The van der Waals surface area contributed by atoms with Crippen molar-refractivity contribution in [3.63, 3.8) is 0 Å². The van der Waals surface area contributed by atoms with Gasteiger partial charge in [0, 0.05) is 18.7 Å². The third-order valence-corrected chi connectivity index (χ3v) is 6.38. The summed E-state index contributed by atoms with van der Waals surface area (Å²) < 4.78 is 28.8. The van der Waals surface area contributed by atoms with Crippen LogP contribution in [0.2, 0.25) is 0 Å². The quantitative estimate of drug-likeness (QED) is 0.753. The van der Waals surface area contributed by atoms with E-state index in [0.29, 0.717) is 30.2 Å². The van der Waals surface area contributed by atoms with Gasteiger partial charge in [0.25, 0.3) is 15.9 Å². The summed E-state index contributed by atoms with van der Waals surface area (Å²) in [7, 11) is -3.78. The molecule has 1 heterocycles. The predicted molar refractivity (Wildman–Crippen MR) is 108 cm³/mol. The van der Waals surface area contributed by atoms with Gasteiger partial charge in [-0.25, -0.2) is 0 Å². The molecular formula is C20H27N3O3S. The van der Waals surface area contributed by atoms with E-state index in [1.54, 1.807) is 19.1 Å². The number of hydrogen-bond acceptors (Lipinski definition) is 4. The van der Waals surface area contributed by atoms with E-state index in [1.807, 2.05) is 11.8 Å². The molecule has 0 saturated carbocycles. The Morgan fingerprint density at radius 2 is 2.11 bits per heavy atom. The Labute approximate surface area is 161 Å². The molecule has 1 amide bonds. The molecule has 3 rings (SSSR count). The lowest BCUT2D eigenvalue weighted by atomic mass is 9.97. The number of anilines is 1. The Morgan fingerprint density at radius 1 is 1.30 bits per heavy atom. The van der Waals surface area contributed by atoms with E-state index in [4.69, 9.17) is 0 Å². The van der Waals surface area contributed by atoms with Crippen molar-refractivity contribution in [2.45, 2.75) is 57.3 Å². The second kappa shape index (κ2) is 8.25. The Balaban J connectivity index is 1.75. The summed E-state index contributed by atoms with van der Waals surface area (Å²) in [6, 6.07) is 4.84. The first-order chi connectivity index (χ1) is 12.9. The fraction of sp³-hybridized carbons (Fsp3) is 0.500. The number of rotatable bonds is 6. The standard InChI is InChI=1S/C20H27N3O3S/c1-3-13-23-15(2)22-27(25,26)19-14-17(9-10-18(19)23)20(24)21-12-11-16-7-5-4-6-8-16/h7,9-10,14H,3-6,8,11-13H2,1-2H3,(H,21,24). The van der Waals surface area contributed by atoms with Gasteiger partial charge in [0.2, 0.25) is 0 Å². The van der Waals surface area contributed by atoms with Crippen molar-refractivity contribution in [3.05, 3.63) is 35.4 Å². The molecule has 146 valence electrons. The van der Waals surface area contributed by atoms with Crippen LogP contribution in [-0.4, -0.2) is 33.3 Å². The monoisotopic (exact) mass is 389 g/mol. The first-order valence-corrected chi connectivity index (χ1v) is 11.1. The number of hydrogen-bond donors (Lipinski definition) is 1. The molecule has 1 aliphatic carbocycles. The highest BCUT2D eigenvalue weighted by Gasteiger charge is 2.29. The molecule has 0 saturated heterocycles. The molecule has 0 aromatic heterocycles. The summed E-state index contributed by atoms with van der Waals surface area (Å²) >= 11 is 0. The molecule has 6 nitrogen and oxygen atoms in total. The molecule has 0 bridgehead atoms. The molecule has 1 N–H and O–H groups in total. The van der Waals surface area contributed by atoms with E-state index in [2.05, 4.69) is 15.8 Å². The fourth-order valence-electron chi connectivity index (χ4n) is 3.61. The van der Waals surface area contributed by atoms with E-state index in [1.165, 1.54) is 24.5 Å². The number of fused-ring (bicyclic) bond motifs is 1. The van der Waals surface area contributed by atoms with Gasteiger partial charge in [-0.2, -0.15) is 8.42 Å². The number of carbonyl (C=O) groups is 1. The lowest BCUT2D eigenvalue weighted by Crippen LogP contribution is -2.35. The molecule has 7 heteroatoms. The fourth-order valence-corrected chi connectivity index (χ4v) is 4.87. The average Bonchev–Trinajstić information content (AvgIpc) is 2.65. The smallest absolute Gasteiger partial charge is 0.286 e. The largest absolute Gasteiger partial charge is 0.352 e. The van der Waals surface area contributed by atoms with Crippen LogP contribution in [0.4, 0.5) is 5.69 Å². The third kappa shape index (κ3) is 4.40. The Hall–Kier alpha value is -2.15. The van der Waals surface area contributed by atoms with Crippen molar-refractivity contribution < 1.29 is 13.2 Å². The van der Waals surface area contributed by atoms with Gasteiger partial charge in [0.05, 0.1) is 5.69 Å². The minimum Gasteiger partial charge on any atom is -0.352 e. The van der Waals surface area contributed by atoms with Crippen LogP contribution in [0.15, 0.2) is 39.1 Å². The molecule has 0 spiro atoms. The SMILES string of the molecule is CCCN1C(C)=NS(=O)(=O)c2cc(C(=O)NCCC3=CCCCC3)ccc21. The Bertz CT molecular complexity index is 888. The Kier molecular flexibility index (Phi) is 5.99. The number of allylic oxidation sites excluding steroid dienone is 1. The summed E-state index contributed by atoms with van der Waals surface area (Å²) in [5, 5.41) is 2.90. The highest BCUT2D eigenvalue weighted by atomic mass is 32.2. The second-order valence-electron chi connectivity index (χ2n) is 7.06. The zero-order chi connectivity index (χ0) is 19.4. The number of benzene rings is 1. The summed E-state index contributed by atoms with van der Waals surface area (Å²) in [5.74, 6) is 0.208. The molecule has 2 aliphatic rings. The van der Waals surface area contributed by atoms with Crippen LogP contribution < -0.4 is 10.2 Å². The number of amidine groups is 1. The number of nitrogens with one attached hydrogen (secondary N) is 1. The molecule has 1 aliphatic heterocycles. The van der Waals surface area contributed by atoms with Gasteiger partial charge in [-0.15, -0.1) is 4.40 Å². The van der Waals surface area contributed by atoms with Crippen molar-refractivity contribution in [3.8, 4) is 0 Å². The summed E-state index contributed by atoms with van der Waals surface area (Å²) in [5.41, 5.74) is 2.34. The van der Waals surface area contributed by atoms with Gasteiger partial charge in [0.1, 0.15) is 10.7 Å². The predicted octanol–water partition coefficient (Wildman–Crippen LogP) is 3.64. The zero-order valence-corrected chi connectivity index (χ0v) is 16.8. The molecule has 1 aromatic carbocycles. The highest BCUT2D eigenvalue weighted by Crippen LogP contribution is 2.32. The maximum absolute atomic E-state index is 12.5. The molecular weight excluding hydrogens is 362 g/mol. The first-order valence-electron chi connectivity index (χ1n) is 9.61. The minimum absolute atomic E-state index is 0.101. The van der Waals surface area contributed by atoms with E-state index in [9.17, 15) is 13.2 Å². The lowest BCUT2D eigenvalue weighted by molar-refractivity contribution is 0.0954. The van der Waals surface area contributed by atoms with Crippen LogP contribution in [0, 0.1) is 0 Å². The maximum Gasteiger partial charge on any atom is 0.286 e. The topological polar surface area (TPSA) is 78.8 Å². The highest BCUT2D eigenvalue weighted by molar-refractivity contribution is 7.90. The van der Waals surface area contributed by atoms with Crippen LogP contribution in [0.1, 0.15) is 62.7 Å².